The molecule has 2 heterocycles. The first-order valence-electron chi connectivity index (χ1n) is 10.0. The summed E-state index contributed by atoms with van der Waals surface area (Å²) in [4.78, 5) is 50.4. The van der Waals surface area contributed by atoms with Crippen LogP contribution in [0.2, 0.25) is 0 Å². The van der Waals surface area contributed by atoms with Gasteiger partial charge in [-0.25, -0.2) is 9.18 Å². The Hall–Kier alpha value is -4.22. The summed E-state index contributed by atoms with van der Waals surface area (Å²) in [6.07, 6.45) is 0. The molecule has 0 N–H and O–H groups in total. The minimum absolute atomic E-state index is 0.0305. The fourth-order valence-corrected chi connectivity index (χ4v) is 3.59. The highest BCUT2D eigenvalue weighted by atomic mass is 19.1. The van der Waals surface area contributed by atoms with E-state index in [-0.39, 0.29) is 28.5 Å². The molecule has 0 spiro atoms. The lowest BCUT2D eigenvalue weighted by atomic mass is 10.2. The normalized spacial score (nSPS) is 13.8. The standard InChI is InChI=1S/C21H19FN4O7/c22-14-1-3-15(4-2-14)23-7-9-24(10-8-23)19(27)13-32-20(28)12-25-17-6-5-16(26(30)31)11-18(17)33-21(25)29/h1-6,11H,7-10,12-13H2. The number of nitrogens with zero attached hydrogens (tertiary/aromatic N) is 4. The van der Waals surface area contributed by atoms with Gasteiger partial charge in [-0.15, -0.1) is 0 Å². The van der Waals surface area contributed by atoms with Gasteiger partial charge in [0.15, 0.2) is 12.2 Å². The number of carbonyl (C=O) groups excluding carboxylic acids is 2. The predicted octanol–water partition coefficient (Wildman–Crippen LogP) is 1.53. The number of rotatable bonds is 6. The van der Waals surface area contributed by atoms with Crippen molar-refractivity contribution in [1.29, 1.82) is 0 Å². The number of benzene rings is 2. The minimum atomic E-state index is -0.870. The molecule has 0 saturated carbocycles. The number of hydrogen-bond donors (Lipinski definition) is 0. The number of nitro benzene ring substituents is 1. The van der Waals surface area contributed by atoms with Crippen molar-refractivity contribution in [2.24, 2.45) is 0 Å². The van der Waals surface area contributed by atoms with Crippen LogP contribution in [-0.4, -0.2) is 59.1 Å². The van der Waals surface area contributed by atoms with E-state index in [2.05, 4.69) is 0 Å². The maximum atomic E-state index is 13.1. The molecule has 33 heavy (non-hydrogen) atoms. The van der Waals surface area contributed by atoms with Crippen LogP contribution in [0.1, 0.15) is 0 Å². The van der Waals surface area contributed by atoms with Crippen LogP contribution in [0, 0.1) is 15.9 Å². The molecule has 4 rings (SSSR count). The quantitative estimate of drug-likeness (QED) is 0.309. The summed E-state index contributed by atoms with van der Waals surface area (Å²) in [5.74, 6) is -2.38. The molecule has 3 aromatic rings. The number of aromatic nitrogens is 1. The molecule has 1 fully saturated rings. The Kier molecular flexibility index (Phi) is 6.07. The average molecular weight is 458 g/mol. The molecule has 1 aromatic heterocycles. The minimum Gasteiger partial charge on any atom is -0.454 e. The smallest absolute Gasteiger partial charge is 0.420 e. The number of halogens is 1. The summed E-state index contributed by atoms with van der Waals surface area (Å²) in [7, 11) is 0. The van der Waals surface area contributed by atoms with Gasteiger partial charge in [-0.3, -0.25) is 24.3 Å². The molecule has 1 saturated heterocycles. The van der Waals surface area contributed by atoms with Gasteiger partial charge in [-0.05, 0) is 30.3 Å². The van der Waals surface area contributed by atoms with Gasteiger partial charge in [0.25, 0.3) is 11.6 Å². The molecule has 1 aliphatic rings. The lowest BCUT2D eigenvalue weighted by molar-refractivity contribution is -0.384. The van der Waals surface area contributed by atoms with Crippen molar-refractivity contribution in [3.05, 3.63) is 68.9 Å². The van der Waals surface area contributed by atoms with Gasteiger partial charge in [-0.1, -0.05) is 0 Å². The molecular weight excluding hydrogens is 439 g/mol. The average Bonchev–Trinajstić information content (AvgIpc) is 3.12. The zero-order chi connectivity index (χ0) is 23.5. The summed E-state index contributed by atoms with van der Waals surface area (Å²) in [5, 5.41) is 10.8. The largest absolute Gasteiger partial charge is 0.454 e. The summed E-state index contributed by atoms with van der Waals surface area (Å²) in [6, 6.07) is 9.69. The fraction of sp³-hybridized carbons (Fsp3) is 0.286. The van der Waals surface area contributed by atoms with E-state index in [4.69, 9.17) is 9.15 Å². The van der Waals surface area contributed by atoms with Gasteiger partial charge >= 0.3 is 11.7 Å². The highest BCUT2D eigenvalue weighted by molar-refractivity contribution is 5.82. The number of hydrogen-bond acceptors (Lipinski definition) is 8. The van der Waals surface area contributed by atoms with Crippen LogP contribution in [-0.2, 0) is 20.9 Å². The lowest BCUT2D eigenvalue weighted by Crippen LogP contribution is -2.50. The van der Waals surface area contributed by atoms with Gasteiger partial charge in [0, 0.05) is 37.9 Å². The van der Waals surface area contributed by atoms with Gasteiger partial charge in [0.05, 0.1) is 16.5 Å². The van der Waals surface area contributed by atoms with Crippen LogP contribution in [0.25, 0.3) is 11.1 Å². The SMILES string of the molecule is O=C(Cn1c(=O)oc2cc([N+](=O)[O-])ccc21)OCC(=O)N1CCN(c2ccc(F)cc2)CC1. The number of nitro groups is 1. The Morgan fingerprint density at radius 3 is 2.45 bits per heavy atom. The van der Waals surface area contributed by atoms with E-state index in [0.717, 1.165) is 16.3 Å². The number of fused-ring (bicyclic) bond motifs is 1. The second-order valence-corrected chi connectivity index (χ2v) is 7.37. The van der Waals surface area contributed by atoms with Crippen molar-refractivity contribution >= 4 is 34.4 Å². The second-order valence-electron chi connectivity index (χ2n) is 7.37. The lowest BCUT2D eigenvalue weighted by Gasteiger charge is -2.36. The summed E-state index contributed by atoms with van der Waals surface area (Å²) < 4.78 is 24.0. The fourth-order valence-electron chi connectivity index (χ4n) is 3.59. The number of amides is 1. The molecular formula is C21H19FN4O7. The first kappa shape index (κ1) is 22.0. The molecule has 172 valence electrons. The molecule has 0 aliphatic carbocycles. The number of non-ortho nitro benzene ring substituents is 1. The van der Waals surface area contributed by atoms with Crippen molar-refractivity contribution in [1.82, 2.24) is 9.47 Å². The van der Waals surface area contributed by atoms with E-state index in [0.29, 0.717) is 26.2 Å². The zero-order valence-electron chi connectivity index (χ0n) is 17.3. The van der Waals surface area contributed by atoms with Crippen molar-refractivity contribution < 1.29 is 28.1 Å². The first-order chi connectivity index (χ1) is 15.8. The molecule has 0 radical (unpaired) electrons. The van der Waals surface area contributed by atoms with E-state index in [1.807, 2.05) is 4.90 Å². The van der Waals surface area contributed by atoms with Crippen LogP contribution in [0.5, 0.6) is 0 Å². The summed E-state index contributed by atoms with van der Waals surface area (Å²) in [6.45, 7) is 0.944. The van der Waals surface area contributed by atoms with Crippen LogP contribution in [0.3, 0.4) is 0 Å². The highest BCUT2D eigenvalue weighted by Crippen LogP contribution is 2.20. The van der Waals surface area contributed by atoms with Crippen LogP contribution >= 0.6 is 0 Å². The summed E-state index contributed by atoms with van der Waals surface area (Å²) in [5.41, 5.74) is 0.775. The molecule has 1 amide bonds. The number of anilines is 1. The van der Waals surface area contributed by atoms with E-state index in [1.165, 1.54) is 24.3 Å². The number of carbonyl (C=O) groups is 2. The number of esters is 1. The Morgan fingerprint density at radius 2 is 1.79 bits per heavy atom. The van der Waals surface area contributed by atoms with Crippen LogP contribution in [0.4, 0.5) is 15.8 Å². The maximum absolute atomic E-state index is 13.1. The van der Waals surface area contributed by atoms with Crippen molar-refractivity contribution in [2.75, 3.05) is 37.7 Å². The Morgan fingerprint density at radius 1 is 1.09 bits per heavy atom. The second kappa shape index (κ2) is 9.10. The monoisotopic (exact) mass is 458 g/mol. The van der Waals surface area contributed by atoms with E-state index < -0.39 is 29.8 Å². The molecule has 11 nitrogen and oxygen atoms in total. The zero-order valence-corrected chi connectivity index (χ0v) is 17.3. The Labute approximate surface area is 185 Å². The van der Waals surface area contributed by atoms with Crippen LogP contribution < -0.4 is 10.7 Å². The van der Waals surface area contributed by atoms with Gasteiger partial charge in [0.1, 0.15) is 12.4 Å². The molecule has 2 aromatic carbocycles. The van der Waals surface area contributed by atoms with E-state index in [9.17, 15) is 28.9 Å². The van der Waals surface area contributed by atoms with Crippen molar-refractivity contribution in [2.45, 2.75) is 6.54 Å². The third kappa shape index (κ3) is 4.84. The number of piperazine rings is 1. The molecule has 0 bridgehead atoms. The third-order valence-corrected chi connectivity index (χ3v) is 5.33. The molecule has 0 atom stereocenters. The van der Waals surface area contributed by atoms with Crippen molar-refractivity contribution in [3.8, 4) is 0 Å². The maximum Gasteiger partial charge on any atom is 0.420 e. The van der Waals surface area contributed by atoms with Gasteiger partial charge in [-0.2, -0.15) is 0 Å². The Balaban J connectivity index is 1.30. The van der Waals surface area contributed by atoms with E-state index in [1.54, 1.807) is 17.0 Å². The van der Waals surface area contributed by atoms with Gasteiger partial charge < -0.3 is 19.0 Å². The molecule has 12 heteroatoms. The molecule has 1 aliphatic heterocycles. The summed E-state index contributed by atoms with van der Waals surface area (Å²) >= 11 is 0. The highest BCUT2D eigenvalue weighted by Gasteiger charge is 2.23. The Bertz CT molecular complexity index is 1260. The van der Waals surface area contributed by atoms with E-state index >= 15 is 0 Å². The topological polar surface area (TPSA) is 128 Å². The van der Waals surface area contributed by atoms with Crippen molar-refractivity contribution in [3.63, 3.8) is 0 Å². The van der Waals surface area contributed by atoms with Gasteiger partial charge in [0.2, 0.25) is 0 Å². The first-order valence-corrected chi connectivity index (χ1v) is 10.0. The van der Waals surface area contributed by atoms with Crippen LogP contribution in [0.15, 0.2) is 51.7 Å². The molecule has 0 unspecified atom stereocenters. The number of ether oxygens (including phenoxy) is 1. The predicted molar refractivity (Wildman–Crippen MR) is 113 cm³/mol. The number of oxazole rings is 1. The third-order valence-electron chi connectivity index (χ3n) is 5.33.